The molecule has 0 amide bonds. The summed E-state index contributed by atoms with van der Waals surface area (Å²) >= 11 is 0. The Balaban J connectivity index is 0.00000220. The number of rotatable bonds is 2. The van der Waals surface area contributed by atoms with Crippen molar-refractivity contribution < 1.29 is 13.2 Å². The Morgan fingerprint density at radius 3 is 2.32 bits per heavy atom. The number of hydrogen-bond acceptors (Lipinski definition) is 2. The van der Waals surface area contributed by atoms with Gasteiger partial charge < -0.3 is 11.5 Å². The van der Waals surface area contributed by atoms with E-state index < -0.39 is 11.7 Å². The van der Waals surface area contributed by atoms with Crippen molar-refractivity contribution in [3.8, 4) is 11.3 Å². The molecule has 0 fully saturated rings. The number of aliphatic imine (C=N–C) groups is 1. The first-order chi connectivity index (χ1) is 9.38. The lowest BCUT2D eigenvalue weighted by Crippen LogP contribution is -2.21. The van der Waals surface area contributed by atoms with E-state index in [1.165, 1.54) is 24.4 Å². The van der Waals surface area contributed by atoms with Gasteiger partial charge in [-0.3, -0.25) is 4.98 Å². The molecule has 4 nitrogen and oxygen atoms in total. The molecule has 2 rings (SSSR count). The van der Waals surface area contributed by atoms with Crippen molar-refractivity contribution >= 4 is 36.5 Å². The summed E-state index contributed by atoms with van der Waals surface area (Å²) in [5.74, 6) is -0.167. The monoisotopic (exact) mass is 352 g/mol. The normalized spacial score (nSPS) is 10.1. The molecule has 0 unspecified atom stereocenters. The zero-order valence-corrected chi connectivity index (χ0v) is 12.7. The third-order valence-corrected chi connectivity index (χ3v) is 2.49. The molecule has 0 spiro atoms. The van der Waals surface area contributed by atoms with Crippen molar-refractivity contribution in [1.29, 1.82) is 0 Å². The fraction of sp³-hybridized carbons (Fsp3) is 0.0769. The molecule has 2 aromatic rings. The maximum atomic E-state index is 12.9. The van der Waals surface area contributed by atoms with Crippen LogP contribution in [0.2, 0.25) is 0 Å². The van der Waals surface area contributed by atoms with Crippen molar-refractivity contribution in [2.45, 2.75) is 6.18 Å². The average Bonchev–Trinajstić information content (AvgIpc) is 2.37. The first-order valence-electron chi connectivity index (χ1n) is 5.60. The summed E-state index contributed by atoms with van der Waals surface area (Å²) in [6, 6.07) is 8.33. The molecule has 22 heavy (non-hydrogen) atoms. The minimum Gasteiger partial charge on any atom is -0.370 e. The van der Waals surface area contributed by atoms with E-state index in [1.807, 2.05) is 0 Å². The number of aromatic nitrogens is 1. The highest BCUT2D eigenvalue weighted by Gasteiger charge is 2.34. The molecular formula is C13H13Cl2F3N4. The summed E-state index contributed by atoms with van der Waals surface area (Å²) in [6.07, 6.45) is -3.17. The van der Waals surface area contributed by atoms with Gasteiger partial charge in [-0.05, 0) is 24.3 Å². The molecule has 1 aromatic heterocycles. The summed E-state index contributed by atoms with van der Waals surface area (Å²) in [4.78, 5) is 7.61. The average molecular weight is 353 g/mol. The van der Waals surface area contributed by atoms with Gasteiger partial charge in [-0.2, -0.15) is 13.2 Å². The molecule has 0 atom stereocenters. The van der Waals surface area contributed by atoms with Crippen LogP contribution in [0.5, 0.6) is 0 Å². The van der Waals surface area contributed by atoms with E-state index in [9.17, 15) is 13.2 Å². The second kappa shape index (κ2) is 7.86. The number of guanidine groups is 1. The number of nitrogens with two attached hydrogens (primary N) is 2. The number of alkyl halides is 3. The van der Waals surface area contributed by atoms with E-state index in [-0.39, 0.29) is 36.5 Å². The van der Waals surface area contributed by atoms with E-state index in [2.05, 4.69) is 9.98 Å². The van der Waals surface area contributed by atoms with E-state index in [4.69, 9.17) is 11.5 Å². The quantitative estimate of drug-likeness (QED) is 0.641. The summed E-state index contributed by atoms with van der Waals surface area (Å²) in [5, 5.41) is 0. The predicted molar refractivity (Wildman–Crippen MR) is 84.6 cm³/mol. The Labute approximate surface area is 137 Å². The molecule has 0 saturated heterocycles. The van der Waals surface area contributed by atoms with Crippen LogP contribution < -0.4 is 11.5 Å². The van der Waals surface area contributed by atoms with Crippen LogP contribution >= 0.6 is 24.8 Å². The zero-order valence-electron chi connectivity index (χ0n) is 11.0. The van der Waals surface area contributed by atoms with Gasteiger partial charge in [0.25, 0.3) is 0 Å². The van der Waals surface area contributed by atoms with Gasteiger partial charge in [0.1, 0.15) is 0 Å². The van der Waals surface area contributed by atoms with Crippen LogP contribution in [0.4, 0.5) is 18.9 Å². The van der Waals surface area contributed by atoms with Gasteiger partial charge in [0.15, 0.2) is 5.96 Å². The predicted octanol–water partition coefficient (Wildman–Crippen LogP) is 3.52. The molecule has 1 aromatic carbocycles. The Kier molecular flexibility index (Phi) is 7.15. The van der Waals surface area contributed by atoms with Crippen molar-refractivity contribution in [1.82, 2.24) is 4.98 Å². The summed E-state index contributed by atoms with van der Waals surface area (Å²) in [6.45, 7) is 0. The van der Waals surface area contributed by atoms with Crippen molar-refractivity contribution in [2.75, 3.05) is 0 Å². The highest BCUT2D eigenvalue weighted by molar-refractivity contribution is 5.85. The largest absolute Gasteiger partial charge is 0.418 e. The van der Waals surface area contributed by atoms with Crippen LogP contribution in [0.15, 0.2) is 47.6 Å². The standard InChI is InChI=1S/C13H11F3N4.2ClH/c14-13(15,16)10-5-2-6-19-11(10)8-3-1-4-9(7-8)20-12(17)18;;/h1-7H,(H4,17,18,20);2*1H. The number of pyridine rings is 1. The molecule has 0 aliphatic heterocycles. The first kappa shape index (κ1) is 20.0. The summed E-state index contributed by atoms with van der Waals surface area (Å²) in [7, 11) is 0. The maximum Gasteiger partial charge on any atom is 0.418 e. The lowest BCUT2D eigenvalue weighted by Gasteiger charge is -2.11. The van der Waals surface area contributed by atoms with Gasteiger partial charge in [0.2, 0.25) is 0 Å². The van der Waals surface area contributed by atoms with E-state index >= 15 is 0 Å². The second-order valence-corrected chi connectivity index (χ2v) is 3.98. The van der Waals surface area contributed by atoms with Gasteiger partial charge >= 0.3 is 6.18 Å². The molecule has 0 aliphatic rings. The molecule has 0 saturated carbocycles. The fourth-order valence-corrected chi connectivity index (χ4v) is 1.74. The van der Waals surface area contributed by atoms with Crippen LogP contribution in [0.3, 0.4) is 0 Å². The van der Waals surface area contributed by atoms with Gasteiger partial charge in [-0.15, -0.1) is 24.8 Å². The van der Waals surface area contributed by atoms with Gasteiger partial charge in [-0.25, -0.2) is 4.99 Å². The molecule has 120 valence electrons. The lowest BCUT2D eigenvalue weighted by atomic mass is 10.0. The number of nitrogens with zero attached hydrogens (tertiary/aromatic N) is 2. The van der Waals surface area contributed by atoms with Crippen LogP contribution in [0, 0.1) is 0 Å². The SMILES string of the molecule is Cl.Cl.NC(N)=Nc1cccc(-c2ncccc2C(F)(F)F)c1. The van der Waals surface area contributed by atoms with E-state index in [0.717, 1.165) is 6.07 Å². The van der Waals surface area contributed by atoms with Crippen molar-refractivity contribution in [2.24, 2.45) is 16.5 Å². The van der Waals surface area contributed by atoms with Crippen LogP contribution in [-0.2, 0) is 6.18 Å². The Hall–Kier alpha value is -1.99. The number of halogens is 5. The minimum atomic E-state index is -4.48. The Morgan fingerprint density at radius 1 is 1.05 bits per heavy atom. The molecular weight excluding hydrogens is 340 g/mol. The molecule has 9 heteroatoms. The highest BCUT2D eigenvalue weighted by Crippen LogP contribution is 2.36. The molecule has 0 radical (unpaired) electrons. The third-order valence-electron chi connectivity index (χ3n) is 2.49. The van der Waals surface area contributed by atoms with Crippen LogP contribution in [0.1, 0.15) is 5.56 Å². The van der Waals surface area contributed by atoms with Crippen molar-refractivity contribution in [3.05, 3.63) is 48.2 Å². The minimum absolute atomic E-state index is 0. The number of benzene rings is 1. The zero-order chi connectivity index (χ0) is 14.8. The summed E-state index contributed by atoms with van der Waals surface area (Å²) in [5.41, 5.74) is 10.2. The van der Waals surface area contributed by atoms with Gasteiger partial charge in [0.05, 0.1) is 16.9 Å². The van der Waals surface area contributed by atoms with Gasteiger partial charge in [0, 0.05) is 11.8 Å². The van der Waals surface area contributed by atoms with Crippen LogP contribution in [0.25, 0.3) is 11.3 Å². The topological polar surface area (TPSA) is 77.3 Å². The highest BCUT2D eigenvalue weighted by atomic mass is 35.5. The van der Waals surface area contributed by atoms with Crippen LogP contribution in [-0.4, -0.2) is 10.9 Å². The van der Waals surface area contributed by atoms with E-state index in [1.54, 1.807) is 12.1 Å². The van der Waals surface area contributed by atoms with E-state index in [0.29, 0.717) is 11.3 Å². The fourth-order valence-electron chi connectivity index (χ4n) is 1.74. The maximum absolute atomic E-state index is 12.9. The summed E-state index contributed by atoms with van der Waals surface area (Å²) < 4.78 is 38.8. The Bertz CT molecular complexity index is 656. The molecule has 4 N–H and O–H groups in total. The molecule has 1 heterocycles. The molecule has 0 bridgehead atoms. The van der Waals surface area contributed by atoms with Crippen molar-refractivity contribution in [3.63, 3.8) is 0 Å². The third kappa shape index (κ3) is 4.78. The lowest BCUT2D eigenvalue weighted by molar-refractivity contribution is -0.137. The first-order valence-corrected chi connectivity index (χ1v) is 5.60. The van der Waals surface area contributed by atoms with Gasteiger partial charge in [-0.1, -0.05) is 12.1 Å². The number of hydrogen-bond donors (Lipinski definition) is 2. The second-order valence-electron chi connectivity index (χ2n) is 3.98. The smallest absolute Gasteiger partial charge is 0.370 e. The molecule has 0 aliphatic carbocycles. The Morgan fingerprint density at radius 2 is 1.73 bits per heavy atom.